The highest BCUT2D eigenvalue weighted by molar-refractivity contribution is 7.92. The third kappa shape index (κ3) is 4.41. The fourth-order valence-corrected chi connectivity index (χ4v) is 9.86. The molecule has 5 aliphatic rings. The van der Waals surface area contributed by atoms with Gasteiger partial charge in [-0.2, -0.15) is 0 Å². The van der Waals surface area contributed by atoms with Gasteiger partial charge in [-0.25, -0.2) is 8.42 Å². The van der Waals surface area contributed by atoms with Crippen LogP contribution in [0.15, 0.2) is 53.4 Å². The van der Waals surface area contributed by atoms with Gasteiger partial charge in [0.2, 0.25) is 0 Å². The van der Waals surface area contributed by atoms with Gasteiger partial charge in [0.1, 0.15) is 11.9 Å². The Morgan fingerprint density at radius 1 is 0.842 bits per heavy atom. The van der Waals surface area contributed by atoms with Gasteiger partial charge in [-0.1, -0.05) is 37.1 Å². The SMILES string of the molecule is O=S(=O)(c1ccc(O[C@H]2C[C@@H](N3CCC(C4(C5CCCC5)NCCc5ccccc54)CC3)C2)cc1)C1CC1. The van der Waals surface area contributed by atoms with E-state index >= 15 is 0 Å². The van der Waals surface area contributed by atoms with E-state index in [0.717, 1.165) is 50.3 Å². The molecule has 3 aliphatic carbocycles. The molecule has 1 atom stereocenters. The second-order valence-electron chi connectivity index (χ2n) is 12.6. The molecule has 0 spiro atoms. The molecule has 7 rings (SSSR count). The van der Waals surface area contributed by atoms with Crippen molar-refractivity contribution in [1.82, 2.24) is 10.2 Å². The zero-order valence-corrected chi connectivity index (χ0v) is 23.3. The third-order valence-corrected chi connectivity index (χ3v) is 12.7. The normalized spacial score (nSPS) is 31.1. The van der Waals surface area contributed by atoms with Gasteiger partial charge in [-0.15, -0.1) is 0 Å². The van der Waals surface area contributed by atoms with Crippen molar-refractivity contribution in [3.05, 3.63) is 59.7 Å². The zero-order chi connectivity index (χ0) is 25.7. The number of benzene rings is 2. The first-order chi connectivity index (χ1) is 18.5. The monoisotopic (exact) mass is 534 g/mol. The highest BCUT2D eigenvalue weighted by Crippen LogP contribution is 2.51. The smallest absolute Gasteiger partial charge is 0.181 e. The summed E-state index contributed by atoms with van der Waals surface area (Å²) in [4.78, 5) is 3.16. The van der Waals surface area contributed by atoms with Crippen LogP contribution in [0.2, 0.25) is 0 Å². The van der Waals surface area contributed by atoms with Gasteiger partial charge in [0.05, 0.1) is 10.1 Å². The molecule has 2 aromatic carbocycles. The van der Waals surface area contributed by atoms with Gasteiger partial charge < -0.3 is 15.0 Å². The maximum Gasteiger partial charge on any atom is 0.181 e. The van der Waals surface area contributed by atoms with E-state index in [4.69, 9.17) is 4.74 Å². The van der Waals surface area contributed by atoms with E-state index in [1.54, 1.807) is 23.3 Å². The topological polar surface area (TPSA) is 58.6 Å². The number of fused-ring (bicyclic) bond motifs is 1. The van der Waals surface area contributed by atoms with Crippen molar-refractivity contribution in [2.24, 2.45) is 11.8 Å². The van der Waals surface area contributed by atoms with Crippen molar-refractivity contribution < 1.29 is 13.2 Å². The van der Waals surface area contributed by atoms with Crippen molar-refractivity contribution >= 4 is 9.84 Å². The minimum atomic E-state index is -3.13. The summed E-state index contributed by atoms with van der Waals surface area (Å²) in [5.74, 6) is 2.27. The second kappa shape index (κ2) is 9.94. The average molecular weight is 535 g/mol. The van der Waals surface area contributed by atoms with Crippen LogP contribution < -0.4 is 10.1 Å². The summed E-state index contributed by atoms with van der Waals surface area (Å²) in [6.45, 7) is 3.49. The molecule has 204 valence electrons. The highest BCUT2D eigenvalue weighted by Gasteiger charge is 2.50. The Labute approximate surface area is 228 Å². The first-order valence-electron chi connectivity index (χ1n) is 15.1. The lowest BCUT2D eigenvalue weighted by atomic mass is 9.63. The summed E-state index contributed by atoms with van der Waals surface area (Å²) in [5, 5.41) is 3.99. The largest absolute Gasteiger partial charge is 0.490 e. The lowest BCUT2D eigenvalue weighted by Gasteiger charge is -2.53. The van der Waals surface area contributed by atoms with Crippen LogP contribution in [0.4, 0.5) is 0 Å². The summed E-state index contributed by atoms with van der Waals surface area (Å²) in [6.07, 6.45) is 13.2. The van der Waals surface area contributed by atoms with Crippen molar-refractivity contribution in [3.63, 3.8) is 0 Å². The Bertz CT molecular complexity index is 1240. The molecule has 4 fully saturated rings. The van der Waals surface area contributed by atoms with E-state index in [0.29, 0.717) is 16.9 Å². The molecule has 0 radical (unpaired) electrons. The molecule has 1 unspecified atom stereocenters. The molecular weight excluding hydrogens is 492 g/mol. The second-order valence-corrected chi connectivity index (χ2v) is 14.8. The molecule has 2 aromatic rings. The van der Waals surface area contributed by atoms with Crippen LogP contribution in [-0.4, -0.2) is 50.3 Å². The maximum atomic E-state index is 12.4. The minimum Gasteiger partial charge on any atom is -0.490 e. The maximum absolute atomic E-state index is 12.4. The van der Waals surface area contributed by atoms with Gasteiger partial charge in [0.15, 0.2) is 9.84 Å². The van der Waals surface area contributed by atoms with E-state index in [9.17, 15) is 8.42 Å². The Morgan fingerprint density at radius 2 is 1.53 bits per heavy atom. The molecule has 2 aliphatic heterocycles. The number of hydrogen-bond donors (Lipinski definition) is 1. The van der Waals surface area contributed by atoms with Crippen molar-refractivity contribution in [3.8, 4) is 5.75 Å². The molecule has 3 saturated carbocycles. The number of rotatable bonds is 7. The Morgan fingerprint density at radius 3 is 2.24 bits per heavy atom. The highest BCUT2D eigenvalue weighted by atomic mass is 32.2. The number of ether oxygens (including phenoxy) is 1. The average Bonchev–Trinajstić information content (AvgIpc) is 3.66. The molecule has 1 N–H and O–H groups in total. The van der Waals surface area contributed by atoms with Gasteiger partial charge in [-0.05, 0) is 105 Å². The predicted molar refractivity (Wildman–Crippen MR) is 150 cm³/mol. The number of nitrogens with zero attached hydrogens (tertiary/aromatic N) is 1. The minimum absolute atomic E-state index is 0.164. The summed E-state index contributed by atoms with van der Waals surface area (Å²) in [5.41, 5.74) is 3.37. The Kier molecular flexibility index (Phi) is 6.57. The van der Waals surface area contributed by atoms with Gasteiger partial charge in [0.25, 0.3) is 0 Å². The van der Waals surface area contributed by atoms with Crippen LogP contribution in [0.1, 0.15) is 75.3 Å². The number of nitrogens with one attached hydrogen (secondary N) is 1. The zero-order valence-electron chi connectivity index (χ0n) is 22.5. The fourth-order valence-electron chi connectivity index (χ4n) is 8.21. The number of likely N-dealkylation sites (tertiary alicyclic amines) is 1. The van der Waals surface area contributed by atoms with Crippen LogP contribution in [-0.2, 0) is 21.8 Å². The van der Waals surface area contributed by atoms with E-state index in [-0.39, 0.29) is 16.9 Å². The molecule has 2 heterocycles. The van der Waals surface area contributed by atoms with Crippen LogP contribution in [0.5, 0.6) is 5.75 Å². The Hall–Kier alpha value is -1.89. The molecule has 0 aromatic heterocycles. The van der Waals surface area contributed by atoms with Crippen LogP contribution in [0, 0.1) is 11.8 Å². The summed E-state index contributed by atoms with van der Waals surface area (Å²) in [7, 11) is -3.13. The fraction of sp³-hybridized carbons (Fsp3) is 0.625. The van der Waals surface area contributed by atoms with Crippen molar-refractivity contribution in [2.75, 3.05) is 19.6 Å². The summed E-state index contributed by atoms with van der Waals surface area (Å²) >= 11 is 0. The molecular formula is C32H42N2O3S. The van der Waals surface area contributed by atoms with Gasteiger partial charge in [0, 0.05) is 31.0 Å². The van der Waals surface area contributed by atoms with Crippen molar-refractivity contribution in [1.29, 1.82) is 0 Å². The molecule has 0 bridgehead atoms. The summed E-state index contributed by atoms with van der Waals surface area (Å²) in [6, 6.07) is 17.0. The van der Waals surface area contributed by atoms with Crippen molar-refractivity contribution in [2.45, 2.75) is 98.5 Å². The molecule has 5 nitrogen and oxygen atoms in total. The number of sulfone groups is 1. The molecule has 1 saturated heterocycles. The molecule has 6 heteroatoms. The number of piperidine rings is 1. The van der Waals surface area contributed by atoms with Gasteiger partial charge >= 0.3 is 0 Å². The van der Waals surface area contributed by atoms with Crippen LogP contribution >= 0.6 is 0 Å². The lowest BCUT2D eigenvalue weighted by Crippen LogP contribution is -2.60. The lowest BCUT2D eigenvalue weighted by molar-refractivity contribution is -0.0170. The number of hydrogen-bond acceptors (Lipinski definition) is 5. The van der Waals surface area contributed by atoms with Crippen LogP contribution in [0.3, 0.4) is 0 Å². The van der Waals surface area contributed by atoms with Crippen LogP contribution in [0.25, 0.3) is 0 Å². The molecule has 38 heavy (non-hydrogen) atoms. The van der Waals surface area contributed by atoms with E-state index < -0.39 is 9.84 Å². The first kappa shape index (κ1) is 25.1. The standard InChI is InChI=1S/C32H42N2O3S/c35-38(36,30-13-14-30)29-11-9-27(10-12-29)37-28-21-26(22-28)34-19-16-25(17-20-34)32(24-6-2-3-7-24)31-8-4-1-5-23(31)15-18-33-32/h1,4-5,8-12,24-26,28,30,33H,2-3,6-7,13-22H2/t26-,28+,32?. The molecule has 0 amide bonds. The van der Waals surface area contributed by atoms with E-state index in [2.05, 4.69) is 34.5 Å². The van der Waals surface area contributed by atoms with E-state index in [1.807, 2.05) is 12.1 Å². The van der Waals surface area contributed by atoms with Gasteiger partial charge in [-0.3, -0.25) is 0 Å². The first-order valence-corrected chi connectivity index (χ1v) is 16.7. The quantitative estimate of drug-likeness (QED) is 0.510. The van der Waals surface area contributed by atoms with E-state index in [1.165, 1.54) is 51.6 Å². The Balaban J connectivity index is 0.963. The summed E-state index contributed by atoms with van der Waals surface area (Å²) < 4.78 is 31.1. The third-order valence-electron chi connectivity index (χ3n) is 10.5. The predicted octanol–water partition coefficient (Wildman–Crippen LogP) is 5.48.